The summed E-state index contributed by atoms with van der Waals surface area (Å²) in [4.78, 5) is 0. The number of aryl methyl sites for hydroxylation is 1. The van der Waals surface area contributed by atoms with Crippen molar-refractivity contribution in [3.05, 3.63) is 51.9 Å². The first-order chi connectivity index (χ1) is 9.15. The summed E-state index contributed by atoms with van der Waals surface area (Å²) in [7, 11) is 1.66. The van der Waals surface area contributed by atoms with Crippen molar-refractivity contribution in [2.45, 2.75) is 19.4 Å². The van der Waals surface area contributed by atoms with Gasteiger partial charge in [0, 0.05) is 10.0 Å². The van der Waals surface area contributed by atoms with Crippen molar-refractivity contribution in [2.75, 3.05) is 7.11 Å². The maximum atomic E-state index is 5.66. The third-order valence-corrected chi connectivity index (χ3v) is 3.93. The van der Waals surface area contributed by atoms with Crippen LogP contribution in [0.2, 0.25) is 0 Å². The van der Waals surface area contributed by atoms with E-state index >= 15 is 0 Å². The van der Waals surface area contributed by atoms with E-state index in [1.165, 1.54) is 0 Å². The lowest BCUT2D eigenvalue weighted by Crippen LogP contribution is -2.29. The van der Waals surface area contributed by atoms with Gasteiger partial charge in [0.1, 0.15) is 11.5 Å². The first-order valence-corrected chi connectivity index (χ1v) is 6.77. The highest BCUT2D eigenvalue weighted by Crippen LogP contribution is 2.28. The molecule has 0 spiro atoms. The Morgan fingerprint density at radius 2 is 2.21 bits per heavy atom. The quantitative estimate of drug-likeness (QED) is 0.655. The minimum Gasteiger partial charge on any atom is -0.497 e. The molecule has 1 aromatic heterocycles. The van der Waals surface area contributed by atoms with Crippen LogP contribution >= 0.6 is 15.9 Å². The first-order valence-electron chi connectivity index (χ1n) is 5.98. The Morgan fingerprint density at radius 1 is 1.42 bits per heavy atom. The van der Waals surface area contributed by atoms with Crippen LogP contribution in [0, 0.1) is 6.92 Å². The summed E-state index contributed by atoms with van der Waals surface area (Å²) in [6.45, 7) is 1.93. The molecule has 4 nitrogen and oxygen atoms in total. The molecule has 0 aliphatic rings. The molecule has 0 aliphatic heterocycles. The van der Waals surface area contributed by atoms with Crippen LogP contribution < -0.4 is 16.0 Å². The summed E-state index contributed by atoms with van der Waals surface area (Å²) in [5, 5.41) is 0. The van der Waals surface area contributed by atoms with Crippen molar-refractivity contribution in [1.29, 1.82) is 0 Å². The molecular weight excluding hydrogens is 308 g/mol. The number of nitrogens with one attached hydrogen (secondary N) is 1. The van der Waals surface area contributed by atoms with Gasteiger partial charge in [0.25, 0.3) is 0 Å². The van der Waals surface area contributed by atoms with E-state index in [1.807, 2.05) is 31.2 Å². The van der Waals surface area contributed by atoms with Crippen molar-refractivity contribution < 1.29 is 9.15 Å². The van der Waals surface area contributed by atoms with Gasteiger partial charge in [-0.15, -0.1) is 0 Å². The molecule has 1 unspecified atom stereocenters. The van der Waals surface area contributed by atoms with Gasteiger partial charge in [-0.2, -0.15) is 0 Å². The van der Waals surface area contributed by atoms with E-state index in [-0.39, 0.29) is 6.04 Å². The number of nitrogens with two attached hydrogens (primary N) is 1. The molecule has 1 atom stereocenters. The molecule has 19 heavy (non-hydrogen) atoms. The second-order valence-corrected chi connectivity index (χ2v) is 5.17. The van der Waals surface area contributed by atoms with E-state index in [9.17, 15) is 0 Å². The summed E-state index contributed by atoms with van der Waals surface area (Å²) in [6, 6.07) is 7.84. The lowest BCUT2D eigenvalue weighted by Gasteiger charge is -2.17. The summed E-state index contributed by atoms with van der Waals surface area (Å²) in [6.07, 6.45) is 2.42. The lowest BCUT2D eigenvalue weighted by atomic mass is 10.00. The third-order valence-electron chi connectivity index (χ3n) is 3.15. The number of furan rings is 1. The van der Waals surface area contributed by atoms with E-state index in [4.69, 9.17) is 15.0 Å². The molecule has 0 fully saturated rings. The topological polar surface area (TPSA) is 60.4 Å². The average molecular weight is 325 g/mol. The molecule has 0 aliphatic carbocycles. The van der Waals surface area contributed by atoms with Gasteiger partial charge in [-0.3, -0.25) is 11.3 Å². The van der Waals surface area contributed by atoms with Gasteiger partial charge >= 0.3 is 0 Å². The molecule has 0 saturated carbocycles. The Hall–Kier alpha value is -1.30. The number of rotatable bonds is 5. The number of methoxy groups -OCH3 is 1. The summed E-state index contributed by atoms with van der Waals surface area (Å²) in [5.74, 6) is 7.37. The van der Waals surface area contributed by atoms with Crippen molar-refractivity contribution >= 4 is 15.9 Å². The Morgan fingerprint density at radius 3 is 2.79 bits per heavy atom. The predicted molar refractivity (Wildman–Crippen MR) is 77.9 cm³/mol. The molecule has 2 rings (SSSR count). The van der Waals surface area contributed by atoms with Crippen molar-refractivity contribution in [3.8, 4) is 5.75 Å². The fourth-order valence-corrected chi connectivity index (χ4v) is 2.48. The lowest BCUT2D eigenvalue weighted by molar-refractivity contribution is 0.413. The molecule has 5 heteroatoms. The van der Waals surface area contributed by atoms with E-state index in [2.05, 4.69) is 21.4 Å². The van der Waals surface area contributed by atoms with Crippen LogP contribution in [0.3, 0.4) is 0 Å². The smallest absolute Gasteiger partial charge is 0.119 e. The van der Waals surface area contributed by atoms with Gasteiger partial charge in [-0.25, -0.2) is 0 Å². The first kappa shape index (κ1) is 14.1. The average Bonchev–Trinajstić information content (AvgIpc) is 2.84. The van der Waals surface area contributed by atoms with Crippen LogP contribution in [-0.2, 0) is 6.42 Å². The number of ether oxygens (including phenoxy) is 1. The van der Waals surface area contributed by atoms with Crippen molar-refractivity contribution in [3.63, 3.8) is 0 Å². The Kier molecular flexibility index (Phi) is 4.63. The number of halogens is 1. The fraction of sp³-hybridized carbons (Fsp3) is 0.286. The normalized spacial score (nSPS) is 12.4. The third kappa shape index (κ3) is 3.18. The van der Waals surface area contributed by atoms with Crippen LogP contribution in [0.4, 0.5) is 0 Å². The highest BCUT2D eigenvalue weighted by Gasteiger charge is 2.16. The molecule has 0 saturated heterocycles. The molecule has 1 aromatic carbocycles. The minimum atomic E-state index is 0.00200. The van der Waals surface area contributed by atoms with Gasteiger partial charge in [-0.05, 0) is 43.2 Å². The molecule has 102 valence electrons. The van der Waals surface area contributed by atoms with Gasteiger partial charge in [0.15, 0.2) is 0 Å². The Balaban J connectivity index is 2.26. The summed E-state index contributed by atoms with van der Waals surface area (Å²) < 4.78 is 11.6. The molecule has 2 aromatic rings. The maximum absolute atomic E-state index is 5.66. The standard InChI is InChI=1S/C14H17BrN2O2/c1-9-12(5-6-19-9)14(17-16)8-10-7-11(18-2)3-4-13(10)15/h3-7,14,17H,8,16H2,1-2H3. The minimum absolute atomic E-state index is 0.00200. The summed E-state index contributed by atoms with van der Waals surface area (Å²) >= 11 is 3.55. The second kappa shape index (κ2) is 6.23. The van der Waals surface area contributed by atoms with Gasteiger partial charge in [0.2, 0.25) is 0 Å². The largest absolute Gasteiger partial charge is 0.497 e. The highest BCUT2D eigenvalue weighted by atomic mass is 79.9. The molecular formula is C14H17BrN2O2. The monoisotopic (exact) mass is 324 g/mol. The van der Waals surface area contributed by atoms with Crippen molar-refractivity contribution in [2.24, 2.45) is 5.84 Å². The van der Waals surface area contributed by atoms with E-state index in [1.54, 1.807) is 13.4 Å². The van der Waals surface area contributed by atoms with Crippen LogP contribution in [0.1, 0.15) is 22.9 Å². The van der Waals surface area contributed by atoms with Gasteiger partial charge in [0.05, 0.1) is 19.4 Å². The van der Waals surface area contributed by atoms with Gasteiger partial charge in [-0.1, -0.05) is 15.9 Å². The fourth-order valence-electron chi connectivity index (χ4n) is 2.07. The molecule has 0 radical (unpaired) electrons. The zero-order chi connectivity index (χ0) is 13.8. The molecule has 1 heterocycles. The maximum Gasteiger partial charge on any atom is 0.119 e. The second-order valence-electron chi connectivity index (χ2n) is 4.31. The summed E-state index contributed by atoms with van der Waals surface area (Å²) in [5.41, 5.74) is 5.03. The molecule has 0 amide bonds. The highest BCUT2D eigenvalue weighted by molar-refractivity contribution is 9.10. The molecule has 0 bridgehead atoms. The Bertz CT molecular complexity index is 554. The Labute approximate surface area is 121 Å². The van der Waals surface area contributed by atoms with E-state index in [0.29, 0.717) is 0 Å². The number of hydrogen-bond donors (Lipinski definition) is 2. The van der Waals surface area contributed by atoms with E-state index in [0.717, 1.165) is 33.5 Å². The van der Waals surface area contributed by atoms with Crippen LogP contribution in [-0.4, -0.2) is 7.11 Å². The van der Waals surface area contributed by atoms with Gasteiger partial charge < -0.3 is 9.15 Å². The number of benzene rings is 1. The zero-order valence-electron chi connectivity index (χ0n) is 10.9. The molecule has 3 N–H and O–H groups in total. The SMILES string of the molecule is COc1ccc(Br)c(CC(NN)c2ccoc2C)c1. The van der Waals surface area contributed by atoms with Crippen LogP contribution in [0.15, 0.2) is 39.4 Å². The van der Waals surface area contributed by atoms with Crippen LogP contribution in [0.25, 0.3) is 0 Å². The predicted octanol–water partition coefficient (Wildman–Crippen LogP) is 3.11. The van der Waals surface area contributed by atoms with Crippen LogP contribution in [0.5, 0.6) is 5.75 Å². The van der Waals surface area contributed by atoms with E-state index < -0.39 is 0 Å². The number of hydrazine groups is 1. The zero-order valence-corrected chi connectivity index (χ0v) is 12.5. The number of hydrogen-bond acceptors (Lipinski definition) is 4. The van der Waals surface area contributed by atoms with Crippen molar-refractivity contribution in [1.82, 2.24) is 5.43 Å².